The molecule has 0 spiro atoms. The highest BCUT2D eigenvalue weighted by Gasteiger charge is 2.31. The minimum Gasteiger partial charge on any atom is -0.298 e. The predicted octanol–water partition coefficient (Wildman–Crippen LogP) is 4.06. The van der Waals surface area contributed by atoms with E-state index in [4.69, 9.17) is 5.26 Å². The quantitative estimate of drug-likeness (QED) is 0.775. The minimum absolute atomic E-state index is 0.0375. The number of halogens is 3. The van der Waals surface area contributed by atoms with Crippen LogP contribution in [-0.2, 0) is 6.18 Å². The van der Waals surface area contributed by atoms with Gasteiger partial charge < -0.3 is 0 Å². The van der Waals surface area contributed by atoms with Gasteiger partial charge in [-0.25, -0.2) is 0 Å². The molecular formula is C15H8F3NO. The Kier molecular flexibility index (Phi) is 3.57. The van der Waals surface area contributed by atoms with Gasteiger partial charge in [0.15, 0.2) is 6.29 Å². The van der Waals surface area contributed by atoms with Crippen LogP contribution in [-0.4, -0.2) is 6.29 Å². The van der Waals surface area contributed by atoms with Crippen molar-refractivity contribution in [3.05, 3.63) is 59.2 Å². The zero-order valence-corrected chi connectivity index (χ0v) is 10.1. The van der Waals surface area contributed by atoms with Crippen LogP contribution in [0.25, 0.3) is 11.1 Å². The van der Waals surface area contributed by atoms with Crippen molar-refractivity contribution in [2.75, 3.05) is 0 Å². The highest BCUT2D eigenvalue weighted by Crippen LogP contribution is 2.32. The monoisotopic (exact) mass is 275 g/mol. The van der Waals surface area contributed by atoms with Gasteiger partial charge in [-0.05, 0) is 35.4 Å². The number of hydrogen-bond donors (Lipinski definition) is 0. The van der Waals surface area contributed by atoms with E-state index in [9.17, 15) is 18.0 Å². The third-order valence-corrected chi connectivity index (χ3v) is 2.83. The van der Waals surface area contributed by atoms with E-state index in [0.29, 0.717) is 23.0 Å². The molecule has 2 rings (SSSR count). The summed E-state index contributed by atoms with van der Waals surface area (Å²) in [6.45, 7) is 0. The number of hydrogen-bond acceptors (Lipinski definition) is 2. The van der Waals surface area contributed by atoms with Crippen molar-refractivity contribution in [2.24, 2.45) is 0 Å². The number of aldehydes is 1. The molecule has 100 valence electrons. The number of rotatable bonds is 2. The van der Waals surface area contributed by atoms with Gasteiger partial charge in [0.05, 0.1) is 17.2 Å². The molecule has 0 unspecified atom stereocenters. The van der Waals surface area contributed by atoms with Gasteiger partial charge in [-0.1, -0.05) is 18.2 Å². The molecule has 0 aliphatic carbocycles. The average molecular weight is 275 g/mol. The lowest BCUT2D eigenvalue weighted by atomic mass is 9.97. The molecule has 0 fully saturated rings. The summed E-state index contributed by atoms with van der Waals surface area (Å²) in [7, 11) is 0. The Morgan fingerprint density at radius 2 is 1.70 bits per heavy atom. The second-order valence-corrected chi connectivity index (χ2v) is 4.11. The largest absolute Gasteiger partial charge is 0.416 e. The first kappa shape index (κ1) is 13.8. The molecule has 0 atom stereocenters. The van der Waals surface area contributed by atoms with Gasteiger partial charge in [-0.3, -0.25) is 4.79 Å². The Labute approximate surface area is 113 Å². The van der Waals surface area contributed by atoms with Gasteiger partial charge in [0.2, 0.25) is 0 Å². The van der Waals surface area contributed by atoms with Crippen LogP contribution in [0.5, 0.6) is 0 Å². The molecule has 0 aromatic heterocycles. The zero-order valence-electron chi connectivity index (χ0n) is 10.1. The van der Waals surface area contributed by atoms with E-state index in [1.165, 1.54) is 6.07 Å². The van der Waals surface area contributed by atoms with E-state index in [1.54, 1.807) is 24.3 Å². The summed E-state index contributed by atoms with van der Waals surface area (Å²) in [5, 5.41) is 8.69. The van der Waals surface area contributed by atoms with E-state index in [1.807, 2.05) is 6.07 Å². The molecule has 0 radical (unpaired) electrons. The molecule has 0 saturated heterocycles. The molecule has 20 heavy (non-hydrogen) atoms. The highest BCUT2D eigenvalue weighted by molar-refractivity contribution is 5.88. The van der Waals surface area contributed by atoms with Crippen LogP contribution in [0, 0.1) is 11.3 Å². The van der Waals surface area contributed by atoms with E-state index >= 15 is 0 Å². The number of alkyl halides is 3. The van der Waals surface area contributed by atoms with E-state index < -0.39 is 11.7 Å². The number of carbonyl (C=O) groups excluding carboxylic acids is 1. The fourth-order valence-corrected chi connectivity index (χ4v) is 1.82. The fourth-order valence-electron chi connectivity index (χ4n) is 1.82. The van der Waals surface area contributed by atoms with Gasteiger partial charge in [0.1, 0.15) is 0 Å². The minimum atomic E-state index is -4.49. The van der Waals surface area contributed by atoms with Crippen molar-refractivity contribution in [3.8, 4) is 17.2 Å². The van der Waals surface area contributed by atoms with E-state index in [-0.39, 0.29) is 5.56 Å². The Bertz CT molecular complexity index is 682. The molecule has 0 N–H and O–H groups in total. The summed E-state index contributed by atoms with van der Waals surface area (Å²) in [6, 6.07) is 11.2. The van der Waals surface area contributed by atoms with E-state index in [2.05, 4.69) is 0 Å². The van der Waals surface area contributed by atoms with Crippen LogP contribution < -0.4 is 0 Å². The fraction of sp³-hybridized carbons (Fsp3) is 0.0667. The molecule has 0 bridgehead atoms. The Morgan fingerprint density at radius 1 is 1.05 bits per heavy atom. The molecule has 0 heterocycles. The molecule has 0 amide bonds. The van der Waals surface area contributed by atoms with Gasteiger partial charge in [-0.15, -0.1) is 0 Å². The molecule has 2 aromatic carbocycles. The van der Waals surface area contributed by atoms with Crippen molar-refractivity contribution < 1.29 is 18.0 Å². The maximum Gasteiger partial charge on any atom is 0.416 e. The van der Waals surface area contributed by atoms with Gasteiger partial charge in [0, 0.05) is 5.56 Å². The summed E-state index contributed by atoms with van der Waals surface area (Å²) in [6.07, 6.45) is -4.09. The summed E-state index contributed by atoms with van der Waals surface area (Å²) >= 11 is 0. The molecule has 2 nitrogen and oxygen atoms in total. The molecule has 5 heteroatoms. The Morgan fingerprint density at radius 3 is 2.20 bits per heavy atom. The van der Waals surface area contributed by atoms with Crippen LogP contribution in [0.3, 0.4) is 0 Å². The van der Waals surface area contributed by atoms with Crippen LogP contribution in [0.4, 0.5) is 13.2 Å². The second-order valence-electron chi connectivity index (χ2n) is 4.11. The summed E-state index contributed by atoms with van der Waals surface area (Å²) in [4.78, 5) is 11.0. The standard InChI is InChI=1S/C15H8F3NO/c16-15(17,18)13-5-6-14(12(7-13)9-20)11-3-1-10(8-19)2-4-11/h1-7,9H. The third kappa shape index (κ3) is 2.69. The lowest BCUT2D eigenvalue weighted by molar-refractivity contribution is -0.137. The molecule has 0 aliphatic rings. The third-order valence-electron chi connectivity index (χ3n) is 2.83. The molecule has 0 saturated carbocycles. The smallest absolute Gasteiger partial charge is 0.298 e. The van der Waals surface area contributed by atoms with Crippen molar-refractivity contribution in [3.63, 3.8) is 0 Å². The number of nitrogens with zero attached hydrogens (tertiary/aromatic N) is 1. The molecular weight excluding hydrogens is 267 g/mol. The Balaban J connectivity index is 2.51. The first-order valence-electron chi connectivity index (χ1n) is 5.62. The van der Waals surface area contributed by atoms with Crippen LogP contribution in [0.2, 0.25) is 0 Å². The lowest BCUT2D eigenvalue weighted by Crippen LogP contribution is -2.05. The summed E-state index contributed by atoms with van der Waals surface area (Å²) in [5.41, 5.74) is 0.521. The van der Waals surface area contributed by atoms with Crippen molar-refractivity contribution in [1.82, 2.24) is 0 Å². The summed E-state index contributed by atoms with van der Waals surface area (Å²) in [5.74, 6) is 0. The first-order valence-corrected chi connectivity index (χ1v) is 5.62. The second kappa shape index (κ2) is 5.17. The summed E-state index contributed by atoms with van der Waals surface area (Å²) < 4.78 is 37.8. The molecule has 0 aliphatic heterocycles. The number of nitriles is 1. The SMILES string of the molecule is N#Cc1ccc(-c2ccc(C(F)(F)F)cc2C=O)cc1. The van der Waals surface area contributed by atoms with Crippen LogP contribution in [0.1, 0.15) is 21.5 Å². The Hall–Kier alpha value is -2.61. The molecule has 2 aromatic rings. The maximum absolute atomic E-state index is 12.6. The number of carbonyl (C=O) groups is 1. The maximum atomic E-state index is 12.6. The van der Waals surface area contributed by atoms with Crippen molar-refractivity contribution in [2.45, 2.75) is 6.18 Å². The number of benzene rings is 2. The highest BCUT2D eigenvalue weighted by atomic mass is 19.4. The van der Waals surface area contributed by atoms with E-state index in [0.717, 1.165) is 12.1 Å². The topological polar surface area (TPSA) is 40.9 Å². The lowest BCUT2D eigenvalue weighted by Gasteiger charge is -2.10. The average Bonchev–Trinajstić information content (AvgIpc) is 2.45. The predicted molar refractivity (Wildman–Crippen MR) is 67.0 cm³/mol. The van der Waals surface area contributed by atoms with Gasteiger partial charge in [0.25, 0.3) is 0 Å². The normalized spacial score (nSPS) is 10.9. The van der Waals surface area contributed by atoms with Crippen LogP contribution >= 0.6 is 0 Å². The zero-order chi connectivity index (χ0) is 14.8. The van der Waals surface area contributed by atoms with Gasteiger partial charge in [-0.2, -0.15) is 18.4 Å². The van der Waals surface area contributed by atoms with Crippen LogP contribution in [0.15, 0.2) is 42.5 Å². The van der Waals surface area contributed by atoms with Crippen molar-refractivity contribution in [1.29, 1.82) is 5.26 Å². The first-order chi connectivity index (χ1) is 9.45. The van der Waals surface area contributed by atoms with Gasteiger partial charge >= 0.3 is 6.18 Å². The van der Waals surface area contributed by atoms with Crippen molar-refractivity contribution >= 4 is 6.29 Å².